The molecular weight excluding hydrogens is 608 g/mol. The first-order chi connectivity index (χ1) is 21.3. The van der Waals surface area contributed by atoms with Crippen LogP contribution in [0, 0.1) is 17.8 Å². The number of amides is 1. The van der Waals surface area contributed by atoms with Gasteiger partial charge in [-0.3, -0.25) is 4.79 Å². The van der Waals surface area contributed by atoms with Crippen molar-refractivity contribution in [3.05, 3.63) is 70.3 Å². The number of aryl methyl sites for hydroxylation is 1. The fraction of sp³-hybridized carbons (Fsp3) is 0.583. The van der Waals surface area contributed by atoms with Crippen LogP contribution in [0.25, 0.3) is 0 Å². The maximum absolute atomic E-state index is 13.4. The second-order valence-corrected chi connectivity index (χ2v) is 16.4. The van der Waals surface area contributed by atoms with E-state index < -0.39 is 32.2 Å². The van der Waals surface area contributed by atoms with Crippen molar-refractivity contribution in [3.63, 3.8) is 0 Å². The van der Waals surface area contributed by atoms with Crippen LogP contribution in [0.4, 0.5) is 5.69 Å². The lowest BCUT2D eigenvalue weighted by atomic mass is 9.63. The first kappa shape index (κ1) is 33.8. The molecule has 5 rings (SSSR count). The van der Waals surface area contributed by atoms with Crippen LogP contribution in [0.3, 0.4) is 0 Å². The fourth-order valence-corrected chi connectivity index (χ4v) is 9.04. The van der Waals surface area contributed by atoms with Gasteiger partial charge in [-0.1, -0.05) is 70.4 Å². The van der Waals surface area contributed by atoms with Gasteiger partial charge in [0, 0.05) is 29.1 Å². The monoisotopic (exact) mass is 656 g/mol. The Bertz CT molecular complexity index is 1540. The Balaban J connectivity index is 1.61. The predicted octanol–water partition coefficient (Wildman–Crippen LogP) is 7.05. The standard InChI is InChI=1S/C36H49ClN2O5S/c1-6-9-26-19-29(37)13-15-30(26)35(5)22-39-21-28-11-14-31(28)36(41,17-7-2)18-8-10-24(3)25(4)45(42,43)38-34(40)27-12-16-33(44-23-35)32(39)20-27/h8,12-13,15-16,18-20,24-25,28,31,41H,6-7,9-11,14,17,21-23H2,1-5H3,(H,38,40)/b18-8+/t24-,25+,28-,31+,35-,36+/m0/s1. The van der Waals surface area contributed by atoms with Gasteiger partial charge in [0.1, 0.15) is 5.75 Å². The number of carbonyl (C=O) groups excluding carboxylic acids is 1. The summed E-state index contributed by atoms with van der Waals surface area (Å²) >= 11 is 6.45. The lowest BCUT2D eigenvalue weighted by Gasteiger charge is -2.49. The highest BCUT2D eigenvalue weighted by Crippen LogP contribution is 2.47. The minimum Gasteiger partial charge on any atom is -0.490 e. The number of benzene rings is 2. The van der Waals surface area contributed by atoms with E-state index in [1.54, 1.807) is 25.1 Å². The van der Waals surface area contributed by atoms with Gasteiger partial charge < -0.3 is 14.7 Å². The van der Waals surface area contributed by atoms with Crippen molar-refractivity contribution >= 4 is 33.2 Å². The van der Waals surface area contributed by atoms with Crippen LogP contribution in [0.5, 0.6) is 5.75 Å². The highest BCUT2D eigenvalue weighted by atomic mass is 35.5. The van der Waals surface area contributed by atoms with Crippen LogP contribution in [-0.2, 0) is 21.9 Å². The number of nitrogens with one attached hydrogen (secondary N) is 1. The number of anilines is 1. The molecule has 9 heteroatoms. The molecule has 45 heavy (non-hydrogen) atoms. The molecule has 0 unspecified atom stereocenters. The first-order valence-electron chi connectivity index (χ1n) is 16.6. The third-order valence-corrected chi connectivity index (χ3v) is 12.6. The Kier molecular flexibility index (Phi) is 9.98. The van der Waals surface area contributed by atoms with E-state index in [0.717, 1.165) is 37.8 Å². The van der Waals surface area contributed by atoms with Crippen LogP contribution in [0.1, 0.15) is 94.6 Å². The lowest BCUT2D eigenvalue weighted by molar-refractivity contribution is -0.0509. The zero-order chi connectivity index (χ0) is 32.6. The predicted molar refractivity (Wildman–Crippen MR) is 182 cm³/mol. The van der Waals surface area contributed by atoms with Gasteiger partial charge in [-0.25, -0.2) is 13.1 Å². The number of halogens is 1. The number of ether oxygens (including phenoxy) is 1. The van der Waals surface area contributed by atoms with E-state index in [9.17, 15) is 18.3 Å². The third-order valence-electron chi connectivity index (χ3n) is 10.5. The van der Waals surface area contributed by atoms with Crippen LogP contribution < -0.4 is 14.4 Å². The quantitative estimate of drug-likeness (QED) is 0.335. The van der Waals surface area contributed by atoms with Crippen LogP contribution >= 0.6 is 11.6 Å². The summed E-state index contributed by atoms with van der Waals surface area (Å²) in [7, 11) is -3.94. The minimum atomic E-state index is -3.94. The molecule has 0 saturated heterocycles. The number of rotatable bonds is 5. The molecule has 2 bridgehead atoms. The van der Waals surface area contributed by atoms with E-state index in [1.807, 2.05) is 25.1 Å². The topological polar surface area (TPSA) is 95.9 Å². The molecule has 7 nitrogen and oxygen atoms in total. The summed E-state index contributed by atoms with van der Waals surface area (Å²) in [6, 6.07) is 11.3. The largest absolute Gasteiger partial charge is 0.490 e. The minimum absolute atomic E-state index is 0.0783. The molecule has 0 spiro atoms. The van der Waals surface area contributed by atoms with Crippen molar-refractivity contribution in [1.29, 1.82) is 0 Å². The van der Waals surface area contributed by atoms with E-state index in [2.05, 4.69) is 42.5 Å². The molecule has 2 N–H and O–H groups in total. The first-order valence-corrected chi connectivity index (χ1v) is 18.5. The number of hydrogen-bond donors (Lipinski definition) is 2. The van der Waals surface area contributed by atoms with Crippen molar-refractivity contribution in [2.45, 2.75) is 95.8 Å². The van der Waals surface area contributed by atoms with E-state index in [1.165, 1.54) is 11.1 Å². The zero-order valence-corrected chi connectivity index (χ0v) is 28.9. The molecule has 1 fully saturated rings. The summed E-state index contributed by atoms with van der Waals surface area (Å²) in [5.74, 6) is 0.0834. The van der Waals surface area contributed by atoms with Crippen molar-refractivity contribution in [2.75, 3.05) is 24.6 Å². The number of carbonyl (C=O) groups is 1. The molecule has 2 heterocycles. The highest BCUT2D eigenvalue weighted by Gasteiger charge is 2.46. The molecule has 0 radical (unpaired) electrons. The van der Waals surface area contributed by atoms with E-state index in [0.29, 0.717) is 43.3 Å². The third kappa shape index (κ3) is 6.93. The maximum Gasteiger partial charge on any atom is 0.264 e. The number of fused-ring (bicyclic) bond motifs is 2. The van der Waals surface area contributed by atoms with Gasteiger partial charge in [0.15, 0.2) is 0 Å². The molecule has 246 valence electrons. The summed E-state index contributed by atoms with van der Waals surface area (Å²) in [4.78, 5) is 15.7. The summed E-state index contributed by atoms with van der Waals surface area (Å²) in [5, 5.41) is 12.0. The SMILES string of the molecule is CCCc1cc(Cl)ccc1[C@]1(C)COc2ccc3cc2N(C[C@@H]2CC[C@H]2[C@@](O)(CCC)/C=C/C[C@H](C)[C@@H](C)S(=O)(=O)NC3=O)C1. The smallest absolute Gasteiger partial charge is 0.264 e. The Labute approximate surface area is 274 Å². The summed E-state index contributed by atoms with van der Waals surface area (Å²) in [6.45, 7) is 11.7. The molecule has 3 aliphatic rings. The second kappa shape index (κ2) is 13.3. The van der Waals surface area contributed by atoms with Crippen molar-refractivity contribution < 1.29 is 23.1 Å². The van der Waals surface area contributed by atoms with Crippen LogP contribution in [0.2, 0.25) is 5.02 Å². The molecule has 1 aliphatic carbocycles. The highest BCUT2D eigenvalue weighted by molar-refractivity contribution is 7.90. The summed E-state index contributed by atoms with van der Waals surface area (Å²) in [6.07, 6.45) is 9.67. The Hall–Kier alpha value is -2.55. The van der Waals surface area contributed by atoms with Crippen molar-refractivity contribution in [1.82, 2.24) is 4.72 Å². The molecule has 2 aromatic rings. The fourth-order valence-electron chi connectivity index (χ4n) is 7.56. The normalized spacial score (nSPS) is 32.3. The van der Waals surface area contributed by atoms with Gasteiger partial charge in [-0.15, -0.1) is 0 Å². The Morgan fingerprint density at radius 3 is 2.58 bits per heavy atom. The van der Waals surface area contributed by atoms with E-state index in [-0.39, 0.29) is 23.3 Å². The number of hydrogen-bond acceptors (Lipinski definition) is 6. The van der Waals surface area contributed by atoms with Gasteiger partial charge >= 0.3 is 0 Å². The van der Waals surface area contributed by atoms with E-state index >= 15 is 0 Å². The van der Waals surface area contributed by atoms with Crippen molar-refractivity contribution in [3.8, 4) is 5.75 Å². The Morgan fingerprint density at radius 1 is 1.11 bits per heavy atom. The van der Waals surface area contributed by atoms with Gasteiger partial charge in [0.05, 0.1) is 23.1 Å². The number of aliphatic hydroxyl groups is 1. The molecule has 1 saturated carbocycles. The number of sulfonamides is 1. The number of allylic oxidation sites excluding steroid dienone is 1. The lowest BCUT2D eigenvalue weighted by Crippen LogP contribution is -2.51. The van der Waals surface area contributed by atoms with Gasteiger partial charge in [-0.2, -0.15) is 0 Å². The molecule has 6 atom stereocenters. The zero-order valence-electron chi connectivity index (χ0n) is 27.3. The van der Waals surface area contributed by atoms with Crippen molar-refractivity contribution in [2.24, 2.45) is 17.8 Å². The maximum atomic E-state index is 13.4. The Morgan fingerprint density at radius 2 is 1.89 bits per heavy atom. The molecule has 2 aliphatic heterocycles. The second-order valence-electron chi connectivity index (χ2n) is 13.9. The molecule has 2 aromatic carbocycles. The van der Waals surface area contributed by atoms with E-state index in [4.69, 9.17) is 16.3 Å². The molecule has 0 aromatic heterocycles. The van der Waals surface area contributed by atoms with Gasteiger partial charge in [0.2, 0.25) is 10.0 Å². The summed E-state index contributed by atoms with van der Waals surface area (Å²) in [5.41, 5.74) is 2.07. The van der Waals surface area contributed by atoms with Crippen LogP contribution in [0.15, 0.2) is 48.6 Å². The molecule has 1 amide bonds. The van der Waals surface area contributed by atoms with Gasteiger partial charge in [-0.05, 0) is 98.2 Å². The van der Waals surface area contributed by atoms with Crippen LogP contribution in [-0.4, -0.2) is 50.0 Å². The number of nitrogens with zero attached hydrogens (tertiary/aromatic N) is 1. The molecular formula is C36H49ClN2O5S. The summed E-state index contributed by atoms with van der Waals surface area (Å²) < 4.78 is 35.5. The average molecular weight is 657 g/mol. The average Bonchev–Trinajstić information content (AvgIpc) is 3.10. The van der Waals surface area contributed by atoms with Gasteiger partial charge in [0.25, 0.3) is 5.91 Å².